The monoisotopic (exact) mass is 333 g/mol. The zero-order chi connectivity index (χ0) is 16.5. The third-order valence-corrected chi connectivity index (χ3v) is 5.64. The Balaban J connectivity index is 1.39. The molecule has 1 saturated heterocycles. The number of ether oxygens (including phenoxy) is 1. The van der Waals surface area contributed by atoms with Crippen LogP contribution in [0.25, 0.3) is 0 Å². The summed E-state index contributed by atoms with van der Waals surface area (Å²) >= 11 is 0. The molecule has 1 saturated carbocycles. The minimum atomic E-state index is 0.249. The van der Waals surface area contributed by atoms with E-state index in [9.17, 15) is 4.79 Å². The van der Waals surface area contributed by atoms with E-state index < -0.39 is 0 Å². The normalized spacial score (nSPS) is 27.6. The van der Waals surface area contributed by atoms with Crippen LogP contribution in [-0.2, 0) is 29.0 Å². The Hall–Kier alpha value is -1.47. The average molecular weight is 333 g/mol. The maximum absolute atomic E-state index is 12.9. The number of rotatable bonds is 3. The Morgan fingerprint density at radius 2 is 2.08 bits per heavy atom. The molecule has 0 spiro atoms. The molecule has 0 unspecified atom stereocenters. The van der Waals surface area contributed by atoms with Crippen LogP contribution in [0.15, 0.2) is 0 Å². The van der Waals surface area contributed by atoms with Crippen LogP contribution in [0.2, 0.25) is 0 Å². The molecule has 1 aromatic heterocycles. The molecule has 4 rings (SSSR count). The van der Waals surface area contributed by atoms with Crippen molar-refractivity contribution in [3.8, 4) is 0 Å². The van der Waals surface area contributed by atoms with Gasteiger partial charge in [0.25, 0.3) is 0 Å². The first kappa shape index (κ1) is 16.0. The topological polar surface area (TPSA) is 63.5 Å². The number of hydrogen-bond acceptors (Lipinski definition) is 5. The number of nitrogens with zero attached hydrogens (tertiary/aromatic N) is 5. The number of fused-ring (bicyclic) bond motifs is 2. The van der Waals surface area contributed by atoms with Crippen LogP contribution >= 0.6 is 0 Å². The third-order valence-electron chi connectivity index (χ3n) is 5.64. The Morgan fingerprint density at radius 1 is 1.21 bits per heavy atom. The fourth-order valence-corrected chi connectivity index (χ4v) is 4.35. The van der Waals surface area contributed by atoms with Gasteiger partial charge in [0.05, 0.1) is 31.8 Å². The van der Waals surface area contributed by atoms with Gasteiger partial charge in [-0.05, 0) is 12.8 Å². The van der Waals surface area contributed by atoms with Gasteiger partial charge in [-0.25, -0.2) is 0 Å². The first-order valence-electron chi connectivity index (χ1n) is 9.30. The molecular formula is C17H27N5O2. The van der Waals surface area contributed by atoms with E-state index in [0.29, 0.717) is 19.2 Å². The number of amides is 1. The molecule has 2 atom stereocenters. The van der Waals surface area contributed by atoms with Crippen molar-refractivity contribution in [3.05, 3.63) is 11.6 Å². The van der Waals surface area contributed by atoms with Crippen molar-refractivity contribution in [1.82, 2.24) is 24.6 Å². The molecule has 1 amide bonds. The predicted octanol–water partition coefficient (Wildman–Crippen LogP) is 0.826. The number of carbonyl (C=O) groups excluding carboxylic acids is 1. The molecular weight excluding hydrogens is 306 g/mol. The Morgan fingerprint density at radius 3 is 2.96 bits per heavy atom. The number of hydrogen-bond donors (Lipinski definition) is 0. The lowest BCUT2D eigenvalue weighted by Crippen LogP contribution is -2.57. The van der Waals surface area contributed by atoms with Crippen LogP contribution in [0.1, 0.15) is 44.3 Å². The zero-order valence-electron chi connectivity index (χ0n) is 14.5. The van der Waals surface area contributed by atoms with Gasteiger partial charge < -0.3 is 14.2 Å². The molecule has 0 bridgehead atoms. The van der Waals surface area contributed by atoms with E-state index in [-0.39, 0.29) is 12.0 Å². The smallest absolute Gasteiger partial charge is 0.237 e. The summed E-state index contributed by atoms with van der Waals surface area (Å²) in [6, 6.07) is 0.292. The summed E-state index contributed by atoms with van der Waals surface area (Å²) in [5.41, 5.74) is 0. The second kappa shape index (κ2) is 6.80. The van der Waals surface area contributed by atoms with Gasteiger partial charge >= 0.3 is 0 Å². The molecule has 24 heavy (non-hydrogen) atoms. The second-order valence-corrected chi connectivity index (χ2v) is 7.10. The molecule has 1 aliphatic carbocycles. The van der Waals surface area contributed by atoms with E-state index in [1.165, 1.54) is 12.8 Å². The minimum absolute atomic E-state index is 0.249. The molecule has 2 fully saturated rings. The van der Waals surface area contributed by atoms with Crippen LogP contribution in [0.3, 0.4) is 0 Å². The third kappa shape index (κ3) is 2.95. The zero-order valence-corrected chi connectivity index (χ0v) is 14.5. The molecule has 132 valence electrons. The molecule has 3 aliphatic rings. The van der Waals surface area contributed by atoms with Gasteiger partial charge in [0.1, 0.15) is 11.6 Å². The molecule has 0 N–H and O–H groups in total. The van der Waals surface area contributed by atoms with Crippen molar-refractivity contribution in [3.63, 3.8) is 0 Å². The highest BCUT2D eigenvalue weighted by Crippen LogP contribution is 2.28. The SMILES string of the molecule is CCc1nnc2n1CCN(CC(=O)N1CCO[C@H]3CCCC[C@H]31)C2. The van der Waals surface area contributed by atoms with Crippen molar-refractivity contribution >= 4 is 5.91 Å². The van der Waals surface area contributed by atoms with Gasteiger partial charge in [0.15, 0.2) is 0 Å². The lowest BCUT2D eigenvalue weighted by atomic mass is 9.90. The largest absolute Gasteiger partial charge is 0.374 e. The number of carbonyl (C=O) groups is 1. The molecule has 0 aromatic carbocycles. The van der Waals surface area contributed by atoms with Crippen LogP contribution < -0.4 is 0 Å². The fourth-order valence-electron chi connectivity index (χ4n) is 4.35. The van der Waals surface area contributed by atoms with E-state index in [1.807, 2.05) is 0 Å². The summed E-state index contributed by atoms with van der Waals surface area (Å²) in [4.78, 5) is 17.2. The number of aromatic nitrogens is 3. The standard InChI is InChI=1S/C17H27N5O2/c1-2-15-18-19-16-11-20(7-8-22(15)16)12-17(23)21-9-10-24-14-6-4-3-5-13(14)21/h13-14H,2-12H2,1H3/t13-,14+/m1/s1. The quantitative estimate of drug-likeness (QED) is 0.820. The van der Waals surface area contributed by atoms with Crippen molar-refractivity contribution in [2.24, 2.45) is 0 Å². The van der Waals surface area contributed by atoms with Gasteiger partial charge in [-0.15, -0.1) is 10.2 Å². The van der Waals surface area contributed by atoms with Crippen molar-refractivity contribution < 1.29 is 9.53 Å². The molecule has 1 aromatic rings. The summed E-state index contributed by atoms with van der Waals surface area (Å²) in [6.45, 7) is 6.50. The summed E-state index contributed by atoms with van der Waals surface area (Å²) in [5, 5.41) is 8.54. The minimum Gasteiger partial charge on any atom is -0.374 e. The second-order valence-electron chi connectivity index (χ2n) is 7.10. The molecule has 3 heterocycles. The first-order valence-corrected chi connectivity index (χ1v) is 9.30. The van der Waals surface area contributed by atoms with Gasteiger partial charge in [-0.2, -0.15) is 0 Å². The Kier molecular flexibility index (Phi) is 4.54. The molecule has 2 aliphatic heterocycles. The van der Waals surface area contributed by atoms with E-state index >= 15 is 0 Å². The van der Waals surface area contributed by atoms with Crippen molar-refractivity contribution in [2.75, 3.05) is 26.2 Å². The summed E-state index contributed by atoms with van der Waals surface area (Å²) in [6.07, 6.45) is 5.79. The average Bonchev–Trinajstić information content (AvgIpc) is 3.03. The predicted molar refractivity (Wildman–Crippen MR) is 88.4 cm³/mol. The molecule has 0 radical (unpaired) electrons. The highest BCUT2D eigenvalue weighted by molar-refractivity contribution is 5.78. The van der Waals surface area contributed by atoms with E-state index in [2.05, 4.69) is 31.5 Å². The maximum Gasteiger partial charge on any atom is 0.237 e. The van der Waals surface area contributed by atoms with E-state index in [4.69, 9.17) is 4.74 Å². The van der Waals surface area contributed by atoms with Crippen molar-refractivity contribution in [2.45, 2.75) is 64.3 Å². The Bertz CT molecular complexity index is 600. The van der Waals surface area contributed by atoms with Gasteiger partial charge in [-0.3, -0.25) is 9.69 Å². The Labute approximate surface area is 143 Å². The van der Waals surface area contributed by atoms with Gasteiger partial charge in [0, 0.05) is 26.1 Å². The lowest BCUT2D eigenvalue weighted by molar-refractivity contribution is -0.151. The molecule has 7 nitrogen and oxygen atoms in total. The van der Waals surface area contributed by atoms with E-state index in [0.717, 1.165) is 57.1 Å². The summed E-state index contributed by atoms with van der Waals surface area (Å²) < 4.78 is 8.09. The van der Waals surface area contributed by atoms with Gasteiger partial charge in [-0.1, -0.05) is 19.8 Å². The van der Waals surface area contributed by atoms with Crippen LogP contribution in [0.4, 0.5) is 0 Å². The summed E-state index contributed by atoms with van der Waals surface area (Å²) in [5.74, 6) is 2.29. The number of morpholine rings is 1. The number of aryl methyl sites for hydroxylation is 1. The van der Waals surface area contributed by atoms with Crippen LogP contribution in [0.5, 0.6) is 0 Å². The highest BCUT2D eigenvalue weighted by atomic mass is 16.5. The molecule has 7 heteroatoms. The first-order chi connectivity index (χ1) is 11.8. The summed E-state index contributed by atoms with van der Waals surface area (Å²) in [7, 11) is 0. The van der Waals surface area contributed by atoms with E-state index in [1.54, 1.807) is 0 Å². The van der Waals surface area contributed by atoms with Crippen LogP contribution in [0, 0.1) is 0 Å². The van der Waals surface area contributed by atoms with Crippen molar-refractivity contribution in [1.29, 1.82) is 0 Å². The van der Waals surface area contributed by atoms with Crippen LogP contribution in [-0.4, -0.2) is 68.9 Å². The fraction of sp³-hybridized carbons (Fsp3) is 0.824. The highest BCUT2D eigenvalue weighted by Gasteiger charge is 2.37. The lowest BCUT2D eigenvalue weighted by Gasteiger charge is -2.44. The van der Waals surface area contributed by atoms with Gasteiger partial charge in [0.2, 0.25) is 5.91 Å². The maximum atomic E-state index is 12.9.